The lowest BCUT2D eigenvalue weighted by Gasteiger charge is -2.18. The van der Waals surface area contributed by atoms with E-state index >= 15 is 0 Å². The fourth-order valence-corrected chi connectivity index (χ4v) is 2.80. The first-order valence-electron chi connectivity index (χ1n) is 5.78. The molecule has 0 saturated carbocycles. The van der Waals surface area contributed by atoms with Crippen LogP contribution in [0.3, 0.4) is 0 Å². The Morgan fingerprint density at radius 3 is 2.89 bits per heavy atom. The summed E-state index contributed by atoms with van der Waals surface area (Å²) in [4.78, 5) is 23.8. The van der Waals surface area contributed by atoms with Gasteiger partial charge in [0, 0.05) is 11.5 Å². The zero-order chi connectivity index (χ0) is 13.1. The van der Waals surface area contributed by atoms with Crippen LogP contribution >= 0.6 is 11.3 Å². The summed E-state index contributed by atoms with van der Waals surface area (Å²) in [7, 11) is 0. The second-order valence-corrected chi connectivity index (χ2v) is 5.25. The van der Waals surface area contributed by atoms with Crippen LogP contribution < -0.4 is 5.32 Å². The van der Waals surface area contributed by atoms with Crippen molar-refractivity contribution in [2.45, 2.75) is 25.5 Å². The monoisotopic (exact) mass is 269 g/mol. The van der Waals surface area contributed by atoms with Crippen molar-refractivity contribution >= 4 is 23.2 Å². The van der Waals surface area contributed by atoms with Crippen molar-refractivity contribution in [3.05, 3.63) is 22.4 Å². The molecule has 1 fully saturated rings. The van der Waals surface area contributed by atoms with Gasteiger partial charge in [-0.3, -0.25) is 4.79 Å². The third kappa shape index (κ3) is 2.70. The molecular weight excluding hydrogens is 254 g/mol. The minimum Gasteiger partial charge on any atom is -0.479 e. The average molecular weight is 269 g/mol. The van der Waals surface area contributed by atoms with Crippen LogP contribution in [0.5, 0.6) is 0 Å². The van der Waals surface area contributed by atoms with Crippen molar-refractivity contribution in [3.63, 3.8) is 0 Å². The number of ether oxygens (including phenoxy) is 1. The number of carbonyl (C=O) groups excluding carboxylic acids is 1. The van der Waals surface area contributed by atoms with Gasteiger partial charge in [-0.1, -0.05) is 6.07 Å². The molecule has 0 aliphatic carbocycles. The van der Waals surface area contributed by atoms with Gasteiger partial charge < -0.3 is 15.2 Å². The summed E-state index contributed by atoms with van der Waals surface area (Å²) in [6.07, 6.45) is 0.492. The summed E-state index contributed by atoms with van der Waals surface area (Å²) in [5.41, 5.74) is 0. The molecule has 0 aromatic carbocycles. The highest BCUT2D eigenvalue weighted by atomic mass is 32.1. The fraction of sp³-hybridized carbons (Fsp3) is 0.500. The van der Waals surface area contributed by atoms with E-state index in [-0.39, 0.29) is 17.9 Å². The van der Waals surface area contributed by atoms with Crippen LogP contribution in [0.2, 0.25) is 0 Å². The summed E-state index contributed by atoms with van der Waals surface area (Å²) in [5, 5.41) is 13.5. The molecule has 1 aliphatic rings. The Kier molecular flexibility index (Phi) is 3.98. The van der Waals surface area contributed by atoms with Gasteiger partial charge in [-0.2, -0.15) is 0 Å². The number of thiophene rings is 1. The Labute approximate surface area is 109 Å². The van der Waals surface area contributed by atoms with Gasteiger partial charge >= 0.3 is 5.97 Å². The maximum Gasteiger partial charge on any atom is 0.331 e. The van der Waals surface area contributed by atoms with Gasteiger partial charge in [0.1, 0.15) is 0 Å². The molecule has 18 heavy (non-hydrogen) atoms. The quantitative estimate of drug-likeness (QED) is 0.866. The van der Waals surface area contributed by atoms with Crippen LogP contribution in [0.15, 0.2) is 17.5 Å². The van der Waals surface area contributed by atoms with Crippen LogP contribution in [-0.4, -0.2) is 29.7 Å². The second kappa shape index (κ2) is 5.49. The molecule has 5 nitrogen and oxygen atoms in total. The van der Waals surface area contributed by atoms with Gasteiger partial charge in [0.2, 0.25) is 5.91 Å². The standard InChI is InChI=1S/C12H15NO4S/c1-7-8(4-5-17-7)11(14)13-10(12(15)16)9-3-2-6-18-9/h2-3,6-8,10H,4-5H2,1H3,(H,13,14)(H,15,16). The largest absolute Gasteiger partial charge is 0.479 e. The minimum absolute atomic E-state index is 0.150. The topological polar surface area (TPSA) is 75.6 Å². The third-order valence-electron chi connectivity index (χ3n) is 3.07. The molecule has 2 rings (SSSR count). The Hall–Kier alpha value is -1.40. The molecule has 3 unspecified atom stereocenters. The molecule has 0 radical (unpaired) electrons. The van der Waals surface area contributed by atoms with Crippen molar-refractivity contribution in [3.8, 4) is 0 Å². The van der Waals surface area contributed by atoms with Crippen molar-refractivity contribution in [1.82, 2.24) is 5.32 Å². The first-order chi connectivity index (χ1) is 8.59. The molecule has 1 aromatic rings. The van der Waals surface area contributed by atoms with Gasteiger partial charge in [-0.25, -0.2) is 4.79 Å². The number of nitrogens with one attached hydrogen (secondary N) is 1. The Balaban J connectivity index is 2.06. The van der Waals surface area contributed by atoms with E-state index in [1.165, 1.54) is 11.3 Å². The summed E-state index contributed by atoms with van der Waals surface area (Å²) in [6, 6.07) is 2.51. The first-order valence-corrected chi connectivity index (χ1v) is 6.65. The summed E-state index contributed by atoms with van der Waals surface area (Å²) in [5.74, 6) is -1.55. The smallest absolute Gasteiger partial charge is 0.331 e. The lowest BCUT2D eigenvalue weighted by molar-refractivity contribution is -0.142. The number of carboxylic acid groups (broad SMARTS) is 1. The molecule has 0 bridgehead atoms. The van der Waals surface area contributed by atoms with E-state index in [1.54, 1.807) is 17.5 Å². The van der Waals surface area contributed by atoms with Crippen molar-refractivity contribution in [2.75, 3.05) is 6.61 Å². The third-order valence-corrected chi connectivity index (χ3v) is 4.01. The fourth-order valence-electron chi connectivity index (χ4n) is 2.04. The summed E-state index contributed by atoms with van der Waals surface area (Å²) in [6.45, 7) is 2.38. The van der Waals surface area contributed by atoms with Crippen molar-refractivity contribution < 1.29 is 19.4 Å². The Morgan fingerprint density at radius 1 is 1.61 bits per heavy atom. The number of hydrogen-bond donors (Lipinski definition) is 2. The molecule has 98 valence electrons. The van der Waals surface area contributed by atoms with E-state index in [1.807, 2.05) is 6.92 Å². The van der Waals surface area contributed by atoms with Crippen LogP contribution in [0, 0.1) is 5.92 Å². The molecule has 1 saturated heterocycles. The SMILES string of the molecule is CC1OCCC1C(=O)NC(C(=O)O)c1cccs1. The average Bonchev–Trinajstić information content (AvgIpc) is 2.95. The summed E-state index contributed by atoms with van der Waals surface area (Å²) < 4.78 is 5.31. The minimum atomic E-state index is -1.04. The highest BCUT2D eigenvalue weighted by Gasteiger charge is 2.33. The van der Waals surface area contributed by atoms with E-state index in [9.17, 15) is 9.59 Å². The predicted octanol–water partition coefficient (Wildman–Crippen LogP) is 1.41. The van der Waals surface area contributed by atoms with Crippen molar-refractivity contribution in [2.24, 2.45) is 5.92 Å². The molecular formula is C12H15NO4S. The number of aliphatic carboxylic acids is 1. The highest BCUT2D eigenvalue weighted by Crippen LogP contribution is 2.24. The number of amides is 1. The van der Waals surface area contributed by atoms with Gasteiger partial charge in [-0.05, 0) is 24.8 Å². The van der Waals surface area contributed by atoms with E-state index < -0.39 is 12.0 Å². The number of rotatable bonds is 4. The van der Waals surface area contributed by atoms with E-state index in [4.69, 9.17) is 9.84 Å². The molecule has 2 heterocycles. The lowest BCUT2D eigenvalue weighted by atomic mass is 10.0. The molecule has 1 amide bonds. The molecule has 1 aromatic heterocycles. The summed E-state index contributed by atoms with van der Waals surface area (Å²) >= 11 is 1.32. The second-order valence-electron chi connectivity index (χ2n) is 4.27. The van der Waals surface area contributed by atoms with Crippen LogP contribution in [-0.2, 0) is 14.3 Å². The van der Waals surface area contributed by atoms with E-state index in [0.29, 0.717) is 17.9 Å². The van der Waals surface area contributed by atoms with Gasteiger partial charge in [0.25, 0.3) is 0 Å². The van der Waals surface area contributed by atoms with Gasteiger partial charge in [-0.15, -0.1) is 11.3 Å². The van der Waals surface area contributed by atoms with Crippen LogP contribution in [0.25, 0.3) is 0 Å². The van der Waals surface area contributed by atoms with Crippen LogP contribution in [0.1, 0.15) is 24.3 Å². The first kappa shape index (κ1) is 13.0. The molecule has 1 aliphatic heterocycles. The normalized spacial score (nSPS) is 24.7. The molecule has 6 heteroatoms. The zero-order valence-corrected chi connectivity index (χ0v) is 10.8. The van der Waals surface area contributed by atoms with Gasteiger partial charge in [0.05, 0.1) is 12.0 Å². The number of carbonyl (C=O) groups is 2. The van der Waals surface area contributed by atoms with E-state index in [2.05, 4.69) is 5.32 Å². The lowest BCUT2D eigenvalue weighted by Crippen LogP contribution is -2.39. The van der Waals surface area contributed by atoms with Gasteiger partial charge in [0.15, 0.2) is 6.04 Å². The Morgan fingerprint density at radius 2 is 2.39 bits per heavy atom. The number of hydrogen-bond acceptors (Lipinski definition) is 4. The predicted molar refractivity (Wildman–Crippen MR) is 66.4 cm³/mol. The van der Waals surface area contributed by atoms with Crippen molar-refractivity contribution in [1.29, 1.82) is 0 Å². The Bertz CT molecular complexity index is 431. The van der Waals surface area contributed by atoms with E-state index in [0.717, 1.165) is 0 Å². The maximum atomic E-state index is 12.0. The molecule has 3 atom stereocenters. The highest BCUT2D eigenvalue weighted by molar-refractivity contribution is 7.10. The molecule has 2 N–H and O–H groups in total. The van der Waals surface area contributed by atoms with Crippen LogP contribution in [0.4, 0.5) is 0 Å². The zero-order valence-electron chi connectivity index (χ0n) is 9.96. The maximum absolute atomic E-state index is 12.0. The number of carboxylic acids is 1. The molecule has 0 spiro atoms.